The van der Waals surface area contributed by atoms with E-state index in [1.165, 1.54) is 26.6 Å². The highest BCUT2D eigenvalue weighted by Gasteiger charge is 2.39. The van der Waals surface area contributed by atoms with Crippen molar-refractivity contribution < 1.29 is 26.4 Å². The molecular formula is C25H29N7O6S3. The Morgan fingerprint density at radius 3 is 2.73 bits per heavy atom. The molecule has 2 atom stereocenters. The van der Waals surface area contributed by atoms with Crippen LogP contribution in [0.4, 0.5) is 0 Å². The lowest BCUT2D eigenvalue weighted by molar-refractivity contribution is -0.122. The van der Waals surface area contributed by atoms with Crippen molar-refractivity contribution in [2.75, 3.05) is 25.9 Å². The van der Waals surface area contributed by atoms with Gasteiger partial charge in [0.05, 0.1) is 18.0 Å². The fraction of sp³-hybridized carbons (Fsp3) is 0.400. The zero-order valence-electron chi connectivity index (χ0n) is 22.3. The Morgan fingerprint density at radius 1 is 1.22 bits per heavy atom. The molecular weight excluding hydrogens is 591 g/mol. The van der Waals surface area contributed by atoms with Crippen molar-refractivity contribution in [2.24, 2.45) is 0 Å². The molecule has 0 bridgehead atoms. The van der Waals surface area contributed by atoms with Crippen LogP contribution in [0.5, 0.6) is 0 Å². The summed E-state index contributed by atoms with van der Waals surface area (Å²) >= 11 is 1.27. The smallest absolute Gasteiger partial charge is 0.283 e. The van der Waals surface area contributed by atoms with E-state index in [1.807, 2.05) is 11.8 Å². The van der Waals surface area contributed by atoms with E-state index in [-0.39, 0.29) is 42.1 Å². The number of amides is 2. The van der Waals surface area contributed by atoms with Crippen LogP contribution in [0.15, 0.2) is 29.3 Å². The van der Waals surface area contributed by atoms with Crippen molar-refractivity contribution in [3.63, 3.8) is 0 Å². The van der Waals surface area contributed by atoms with Gasteiger partial charge in [0.2, 0.25) is 15.9 Å². The van der Waals surface area contributed by atoms with Gasteiger partial charge >= 0.3 is 0 Å². The average Bonchev–Trinajstić information content (AvgIpc) is 3.55. The first-order valence-corrected chi connectivity index (χ1v) is 16.9. The minimum absolute atomic E-state index is 0.00981. The summed E-state index contributed by atoms with van der Waals surface area (Å²) in [5, 5.41) is 4.19. The lowest BCUT2D eigenvalue weighted by Gasteiger charge is -2.40. The number of rotatable bonds is 7. The van der Waals surface area contributed by atoms with E-state index < -0.39 is 37.9 Å². The van der Waals surface area contributed by atoms with Crippen LogP contribution in [0.25, 0.3) is 10.9 Å². The molecule has 0 aliphatic carbocycles. The quantitative estimate of drug-likeness (QED) is 0.213. The standard InChI is InChI=1S/C25H29N7O6S3/c1-4-16-5-6-19-17(10-16)11-23(27-19)41(37,38)31-7-8-32(18(14-31)12-22(33)29-30-40(3,35)36)25(34)24-28-20-9-15(2)26-13-21(20)39-24/h1,5-6,10-11,15,18,26-27,30H,7-9,12-14H2,2-3H3,(H,29,33). The molecule has 5 rings (SSSR count). The Kier molecular flexibility index (Phi) is 7.94. The monoisotopic (exact) mass is 619 g/mol. The Bertz CT molecular complexity index is 1770. The maximum atomic E-state index is 13.7. The predicted molar refractivity (Wildman–Crippen MR) is 153 cm³/mol. The Balaban J connectivity index is 1.41. The number of aromatic amines is 1. The molecule has 0 radical (unpaired) electrons. The minimum atomic E-state index is -4.05. The Hall–Kier alpha value is -3.33. The largest absolute Gasteiger partial charge is 0.345 e. The number of hydrogen-bond acceptors (Lipinski definition) is 9. The summed E-state index contributed by atoms with van der Waals surface area (Å²) in [5.74, 6) is 1.39. The van der Waals surface area contributed by atoms with Gasteiger partial charge in [-0.05, 0) is 31.2 Å². The number of hydrogen-bond donors (Lipinski definition) is 4. The first kappa shape index (κ1) is 29.2. The first-order chi connectivity index (χ1) is 19.3. The van der Waals surface area contributed by atoms with Gasteiger partial charge in [-0.3, -0.25) is 15.0 Å². The average molecular weight is 620 g/mol. The van der Waals surface area contributed by atoms with Crippen LogP contribution in [0.1, 0.15) is 39.3 Å². The second kappa shape index (κ2) is 11.2. The second-order valence-electron chi connectivity index (χ2n) is 10.1. The van der Waals surface area contributed by atoms with E-state index in [2.05, 4.69) is 26.6 Å². The highest BCUT2D eigenvalue weighted by Crippen LogP contribution is 2.28. The van der Waals surface area contributed by atoms with Crippen molar-refractivity contribution in [3.05, 3.63) is 45.4 Å². The van der Waals surface area contributed by atoms with Gasteiger partial charge in [-0.25, -0.2) is 21.8 Å². The van der Waals surface area contributed by atoms with Gasteiger partial charge in [0.15, 0.2) is 5.01 Å². The van der Waals surface area contributed by atoms with Crippen LogP contribution in [0.2, 0.25) is 0 Å². The summed E-state index contributed by atoms with van der Waals surface area (Å²) in [4.78, 5) is 38.1. The van der Waals surface area contributed by atoms with Crippen LogP contribution >= 0.6 is 11.3 Å². The van der Waals surface area contributed by atoms with Crippen molar-refractivity contribution in [3.8, 4) is 12.3 Å². The molecule has 41 heavy (non-hydrogen) atoms. The maximum absolute atomic E-state index is 13.7. The summed E-state index contributed by atoms with van der Waals surface area (Å²) < 4.78 is 51.4. The number of nitrogens with one attached hydrogen (secondary N) is 4. The van der Waals surface area contributed by atoms with Crippen molar-refractivity contribution in [1.82, 2.24) is 34.7 Å². The molecule has 2 aromatic heterocycles. The van der Waals surface area contributed by atoms with E-state index in [0.717, 1.165) is 16.8 Å². The molecule has 1 aromatic carbocycles. The van der Waals surface area contributed by atoms with Crippen molar-refractivity contribution in [1.29, 1.82) is 0 Å². The third kappa shape index (κ3) is 6.30. The van der Waals surface area contributed by atoms with Gasteiger partial charge in [-0.2, -0.15) is 4.31 Å². The fourth-order valence-electron chi connectivity index (χ4n) is 4.90. The van der Waals surface area contributed by atoms with Gasteiger partial charge in [0.1, 0.15) is 5.03 Å². The molecule has 0 saturated carbocycles. The lowest BCUT2D eigenvalue weighted by Crippen LogP contribution is -2.58. The summed E-state index contributed by atoms with van der Waals surface area (Å²) in [6, 6.07) is 5.94. The van der Waals surface area contributed by atoms with E-state index in [4.69, 9.17) is 6.42 Å². The predicted octanol–water partition coefficient (Wildman–Crippen LogP) is 0.126. The van der Waals surface area contributed by atoms with E-state index >= 15 is 0 Å². The number of H-pyrrole nitrogens is 1. The normalized spacial score (nSPS) is 20.0. The minimum Gasteiger partial charge on any atom is -0.345 e. The molecule has 4 N–H and O–H groups in total. The molecule has 16 heteroatoms. The summed E-state index contributed by atoms with van der Waals surface area (Å²) in [5.41, 5.74) is 4.15. The Labute approximate surface area is 241 Å². The van der Waals surface area contributed by atoms with Gasteiger partial charge in [0, 0.05) is 66.4 Å². The third-order valence-corrected chi connectivity index (χ3v) is 10.3. The van der Waals surface area contributed by atoms with Crippen LogP contribution in [-0.2, 0) is 37.8 Å². The zero-order valence-corrected chi connectivity index (χ0v) is 24.7. The number of hydrazine groups is 1. The van der Waals surface area contributed by atoms with Gasteiger partial charge in [0.25, 0.3) is 15.9 Å². The van der Waals surface area contributed by atoms with Crippen LogP contribution < -0.4 is 15.6 Å². The molecule has 0 spiro atoms. The molecule has 2 aliphatic heterocycles. The molecule has 1 saturated heterocycles. The number of thiazole rings is 1. The van der Waals surface area contributed by atoms with Gasteiger partial charge < -0.3 is 15.2 Å². The van der Waals surface area contributed by atoms with Crippen molar-refractivity contribution in [2.45, 2.75) is 43.4 Å². The van der Waals surface area contributed by atoms with Crippen LogP contribution in [0.3, 0.4) is 0 Å². The number of aromatic nitrogens is 2. The highest BCUT2D eigenvalue weighted by atomic mass is 32.2. The number of carbonyl (C=O) groups is 2. The molecule has 4 heterocycles. The van der Waals surface area contributed by atoms with E-state index in [1.54, 1.807) is 18.2 Å². The first-order valence-electron chi connectivity index (χ1n) is 12.7. The SMILES string of the molecule is C#Cc1ccc2[nH]c(S(=O)(=O)N3CCN(C(=O)c4nc5c(s4)CNC(C)C5)C(CC(=O)NNS(C)(=O)=O)C3)cc2c1. The van der Waals surface area contributed by atoms with Gasteiger partial charge in [-0.1, -0.05) is 5.92 Å². The number of piperazine rings is 1. The number of terminal acetylenes is 1. The molecule has 218 valence electrons. The highest BCUT2D eigenvalue weighted by molar-refractivity contribution is 7.89. The summed E-state index contributed by atoms with van der Waals surface area (Å²) in [6.45, 7) is 2.45. The Morgan fingerprint density at radius 2 is 2.00 bits per heavy atom. The topological polar surface area (TPSA) is 174 Å². The maximum Gasteiger partial charge on any atom is 0.283 e. The molecule has 13 nitrogen and oxygen atoms in total. The second-order valence-corrected chi connectivity index (χ2v) is 14.8. The van der Waals surface area contributed by atoms with E-state index in [9.17, 15) is 26.4 Å². The molecule has 2 amide bonds. The molecule has 1 fully saturated rings. The van der Waals surface area contributed by atoms with Crippen molar-refractivity contribution >= 4 is 54.1 Å². The molecule has 2 aliphatic rings. The number of sulfonamides is 2. The third-order valence-electron chi connectivity index (χ3n) is 6.96. The number of nitrogens with zero attached hydrogens (tertiary/aromatic N) is 3. The summed E-state index contributed by atoms with van der Waals surface area (Å²) in [6.07, 6.45) is 6.69. The van der Waals surface area contributed by atoms with Crippen LogP contribution in [0, 0.1) is 12.3 Å². The van der Waals surface area contributed by atoms with E-state index in [0.29, 0.717) is 29.4 Å². The molecule has 2 unspecified atom stereocenters. The molecule has 3 aromatic rings. The lowest BCUT2D eigenvalue weighted by atomic mass is 10.1. The number of carbonyl (C=O) groups excluding carboxylic acids is 2. The fourth-order valence-corrected chi connectivity index (χ4v) is 7.68. The summed E-state index contributed by atoms with van der Waals surface area (Å²) in [7, 11) is -7.77. The zero-order chi connectivity index (χ0) is 29.5. The van der Waals surface area contributed by atoms with Gasteiger partial charge in [-0.15, -0.1) is 22.6 Å². The number of fused-ring (bicyclic) bond motifs is 2. The van der Waals surface area contributed by atoms with Crippen LogP contribution in [-0.4, -0.2) is 85.8 Å². The number of benzene rings is 1.